The first kappa shape index (κ1) is 13.7. The van der Waals surface area contributed by atoms with Gasteiger partial charge in [0.2, 0.25) is 0 Å². The molecule has 2 aliphatic rings. The molecule has 0 bridgehead atoms. The van der Waals surface area contributed by atoms with Crippen molar-refractivity contribution in [2.24, 2.45) is 5.92 Å². The van der Waals surface area contributed by atoms with Gasteiger partial charge >= 0.3 is 0 Å². The highest BCUT2D eigenvalue weighted by Gasteiger charge is 2.25. The number of carbonyl (C=O) groups excluding carboxylic acids is 2. The summed E-state index contributed by atoms with van der Waals surface area (Å²) in [6.45, 7) is 3.09. The number of ketones is 2. The van der Waals surface area contributed by atoms with E-state index in [9.17, 15) is 9.59 Å². The van der Waals surface area contributed by atoms with Crippen LogP contribution < -0.4 is 0 Å². The van der Waals surface area contributed by atoms with Crippen LogP contribution in [-0.2, 0) is 9.59 Å². The third-order valence-electron chi connectivity index (χ3n) is 3.68. The van der Waals surface area contributed by atoms with Gasteiger partial charge < -0.3 is 0 Å². The van der Waals surface area contributed by atoms with Crippen LogP contribution in [0.5, 0.6) is 0 Å². The molecule has 0 radical (unpaired) electrons. The molecule has 2 nitrogen and oxygen atoms in total. The van der Waals surface area contributed by atoms with Crippen LogP contribution in [0.25, 0.3) is 0 Å². The molecule has 19 heavy (non-hydrogen) atoms. The average molecular weight is 256 g/mol. The molecule has 1 atom stereocenters. The minimum absolute atomic E-state index is 0.00730. The van der Waals surface area contributed by atoms with E-state index >= 15 is 0 Å². The fourth-order valence-electron chi connectivity index (χ4n) is 2.64. The number of allylic oxidation sites excluding steroid dienone is 8. The van der Waals surface area contributed by atoms with E-state index in [4.69, 9.17) is 0 Å². The van der Waals surface area contributed by atoms with Crippen molar-refractivity contribution in [1.29, 1.82) is 0 Å². The van der Waals surface area contributed by atoms with Crippen molar-refractivity contribution < 1.29 is 9.59 Å². The SMILES string of the molecule is CC(=O)C1=CC(CCCC2=CCC=C2)=CC1C(C)=O. The second-order valence-electron chi connectivity index (χ2n) is 5.26. The van der Waals surface area contributed by atoms with E-state index < -0.39 is 0 Å². The minimum atomic E-state index is -0.307. The highest BCUT2D eigenvalue weighted by Crippen LogP contribution is 2.29. The molecule has 0 N–H and O–H groups in total. The normalized spacial score (nSPS) is 21.2. The first-order valence-corrected chi connectivity index (χ1v) is 6.87. The Hall–Kier alpha value is -1.70. The second kappa shape index (κ2) is 5.96. The molecule has 0 aromatic carbocycles. The fourth-order valence-corrected chi connectivity index (χ4v) is 2.64. The molecule has 1 unspecified atom stereocenters. The monoisotopic (exact) mass is 256 g/mol. The van der Waals surface area contributed by atoms with Crippen LogP contribution in [0, 0.1) is 5.92 Å². The van der Waals surface area contributed by atoms with Crippen molar-refractivity contribution in [3.8, 4) is 0 Å². The Kier molecular flexibility index (Phi) is 4.31. The minimum Gasteiger partial charge on any atom is -0.299 e. The molecule has 0 aromatic rings. The highest BCUT2D eigenvalue weighted by molar-refractivity contribution is 6.02. The highest BCUT2D eigenvalue weighted by atomic mass is 16.1. The Balaban J connectivity index is 1.93. The van der Waals surface area contributed by atoms with Crippen molar-refractivity contribution in [3.63, 3.8) is 0 Å². The third kappa shape index (κ3) is 3.40. The van der Waals surface area contributed by atoms with Gasteiger partial charge in [-0.25, -0.2) is 0 Å². The topological polar surface area (TPSA) is 34.1 Å². The Bertz CT molecular complexity index is 515. The smallest absolute Gasteiger partial charge is 0.156 e. The lowest BCUT2D eigenvalue weighted by molar-refractivity contribution is -0.121. The van der Waals surface area contributed by atoms with Crippen LogP contribution >= 0.6 is 0 Å². The van der Waals surface area contributed by atoms with E-state index in [1.165, 1.54) is 12.5 Å². The molecule has 0 spiro atoms. The van der Waals surface area contributed by atoms with E-state index in [-0.39, 0.29) is 17.5 Å². The molecule has 0 aliphatic heterocycles. The molecule has 0 saturated heterocycles. The number of rotatable bonds is 6. The molecule has 2 aliphatic carbocycles. The number of hydrogen-bond donors (Lipinski definition) is 0. The maximum Gasteiger partial charge on any atom is 0.156 e. The zero-order valence-electron chi connectivity index (χ0n) is 11.6. The van der Waals surface area contributed by atoms with Crippen LogP contribution in [0.4, 0.5) is 0 Å². The van der Waals surface area contributed by atoms with Crippen molar-refractivity contribution in [2.75, 3.05) is 0 Å². The molecular weight excluding hydrogens is 236 g/mol. The molecule has 2 rings (SSSR count). The van der Waals surface area contributed by atoms with Crippen LogP contribution in [0.15, 0.2) is 47.1 Å². The predicted molar refractivity (Wildman–Crippen MR) is 76.7 cm³/mol. The van der Waals surface area contributed by atoms with Crippen molar-refractivity contribution in [2.45, 2.75) is 39.5 Å². The zero-order chi connectivity index (χ0) is 13.8. The summed E-state index contributed by atoms with van der Waals surface area (Å²) < 4.78 is 0. The lowest BCUT2D eigenvalue weighted by Crippen LogP contribution is -2.13. The maximum absolute atomic E-state index is 11.5. The summed E-state index contributed by atoms with van der Waals surface area (Å²) in [7, 11) is 0. The summed E-state index contributed by atoms with van der Waals surface area (Å²) in [6.07, 6.45) is 14.6. The lowest BCUT2D eigenvalue weighted by Gasteiger charge is -2.05. The van der Waals surface area contributed by atoms with E-state index in [1.807, 2.05) is 12.2 Å². The molecule has 0 aromatic heterocycles. The molecule has 0 fully saturated rings. The van der Waals surface area contributed by atoms with Crippen molar-refractivity contribution >= 4 is 11.6 Å². The van der Waals surface area contributed by atoms with Crippen molar-refractivity contribution in [3.05, 3.63) is 47.1 Å². The third-order valence-corrected chi connectivity index (χ3v) is 3.68. The molecule has 2 heteroatoms. The summed E-state index contributed by atoms with van der Waals surface area (Å²) in [5, 5.41) is 0. The lowest BCUT2D eigenvalue weighted by atomic mass is 9.96. The van der Waals surface area contributed by atoms with Gasteiger partial charge in [-0.15, -0.1) is 0 Å². The van der Waals surface area contributed by atoms with E-state index in [1.54, 1.807) is 6.92 Å². The number of Topliss-reactive ketones (excluding diaryl/α,β-unsaturated/α-hetero) is 2. The van der Waals surface area contributed by atoms with Crippen LogP contribution in [0.3, 0.4) is 0 Å². The zero-order valence-corrected chi connectivity index (χ0v) is 11.6. The van der Waals surface area contributed by atoms with E-state index in [2.05, 4.69) is 18.2 Å². The van der Waals surface area contributed by atoms with Crippen molar-refractivity contribution in [1.82, 2.24) is 0 Å². The maximum atomic E-state index is 11.5. The largest absolute Gasteiger partial charge is 0.299 e. The molecule has 0 heterocycles. The van der Waals surface area contributed by atoms with Gasteiger partial charge in [-0.1, -0.05) is 41.5 Å². The van der Waals surface area contributed by atoms with E-state index in [0.717, 1.165) is 31.3 Å². The summed E-state index contributed by atoms with van der Waals surface area (Å²) in [5.74, 6) is -0.246. The predicted octanol–water partition coefficient (Wildman–Crippen LogP) is 3.70. The Labute approximate surface area is 114 Å². The van der Waals surface area contributed by atoms with Gasteiger partial charge in [-0.2, -0.15) is 0 Å². The summed E-state index contributed by atoms with van der Waals surface area (Å²) in [5.41, 5.74) is 3.19. The first-order valence-electron chi connectivity index (χ1n) is 6.87. The summed E-state index contributed by atoms with van der Waals surface area (Å²) in [6, 6.07) is 0. The van der Waals surface area contributed by atoms with Gasteiger partial charge in [-0.3, -0.25) is 9.59 Å². The van der Waals surface area contributed by atoms with Crippen LogP contribution in [-0.4, -0.2) is 11.6 Å². The van der Waals surface area contributed by atoms with Gasteiger partial charge in [0.15, 0.2) is 5.78 Å². The van der Waals surface area contributed by atoms with Crippen LogP contribution in [0.1, 0.15) is 39.5 Å². The van der Waals surface area contributed by atoms with E-state index in [0.29, 0.717) is 5.57 Å². The molecular formula is C17H20O2. The second-order valence-corrected chi connectivity index (χ2v) is 5.26. The van der Waals surface area contributed by atoms with Gasteiger partial charge in [0.25, 0.3) is 0 Å². The number of carbonyl (C=O) groups is 2. The Morgan fingerprint density at radius 3 is 2.47 bits per heavy atom. The molecule has 100 valence electrons. The number of hydrogen-bond acceptors (Lipinski definition) is 2. The summed E-state index contributed by atoms with van der Waals surface area (Å²) >= 11 is 0. The standard InChI is InChI=1S/C17H20O2/c1-12(18)16-10-15(11-17(16)13(2)19)9-5-8-14-6-3-4-7-14/h3,6-7,10-11,16H,4-5,8-9H2,1-2H3. The van der Waals surface area contributed by atoms with Gasteiger partial charge in [0.1, 0.15) is 5.78 Å². The Morgan fingerprint density at radius 1 is 1.21 bits per heavy atom. The fraction of sp³-hybridized carbons (Fsp3) is 0.412. The Morgan fingerprint density at radius 2 is 1.95 bits per heavy atom. The van der Waals surface area contributed by atoms with Gasteiger partial charge in [-0.05, 0) is 39.5 Å². The quantitative estimate of drug-likeness (QED) is 0.726. The van der Waals surface area contributed by atoms with Gasteiger partial charge in [0.05, 0.1) is 5.92 Å². The molecule has 0 amide bonds. The van der Waals surface area contributed by atoms with Gasteiger partial charge in [0, 0.05) is 5.57 Å². The van der Waals surface area contributed by atoms with Crippen LogP contribution in [0.2, 0.25) is 0 Å². The average Bonchev–Trinajstić information content (AvgIpc) is 2.97. The molecule has 0 saturated carbocycles. The first-order chi connectivity index (χ1) is 9.08. The summed E-state index contributed by atoms with van der Waals surface area (Å²) in [4.78, 5) is 23.1.